The van der Waals surface area contributed by atoms with Crippen molar-refractivity contribution >= 4 is 21.7 Å². The van der Waals surface area contributed by atoms with E-state index in [0.29, 0.717) is 17.9 Å². The van der Waals surface area contributed by atoms with Gasteiger partial charge in [-0.1, -0.05) is 58.4 Å². The molecule has 1 fully saturated rings. The third kappa shape index (κ3) is 4.01. The van der Waals surface area contributed by atoms with Gasteiger partial charge in [-0.25, -0.2) is 4.98 Å². The van der Waals surface area contributed by atoms with Crippen LogP contribution in [0.4, 0.5) is 5.82 Å². The number of piperazine rings is 1. The van der Waals surface area contributed by atoms with Gasteiger partial charge >= 0.3 is 0 Å². The molecule has 0 bridgehead atoms. The molecule has 0 saturated carbocycles. The van der Waals surface area contributed by atoms with E-state index in [9.17, 15) is 0 Å². The van der Waals surface area contributed by atoms with Gasteiger partial charge in [-0.05, 0) is 26.0 Å². The summed E-state index contributed by atoms with van der Waals surface area (Å²) < 4.78 is 1.04. The van der Waals surface area contributed by atoms with Crippen molar-refractivity contribution in [1.29, 1.82) is 0 Å². The molecule has 0 amide bonds. The van der Waals surface area contributed by atoms with Crippen LogP contribution in [0.1, 0.15) is 13.8 Å². The Morgan fingerprint density at radius 2 is 1.56 bits per heavy atom. The van der Waals surface area contributed by atoms with Gasteiger partial charge in [0.2, 0.25) is 0 Å². The van der Waals surface area contributed by atoms with Crippen LogP contribution in [0.25, 0.3) is 22.6 Å². The highest BCUT2D eigenvalue weighted by Crippen LogP contribution is 2.29. The average molecular weight is 425 g/mol. The van der Waals surface area contributed by atoms with Gasteiger partial charge in [0.25, 0.3) is 0 Å². The fourth-order valence-electron chi connectivity index (χ4n) is 3.67. The highest BCUT2D eigenvalue weighted by Gasteiger charge is 2.28. The Kier molecular flexibility index (Phi) is 5.18. The Labute approximate surface area is 168 Å². The first-order valence-corrected chi connectivity index (χ1v) is 10.1. The molecule has 4 rings (SSSR count). The van der Waals surface area contributed by atoms with Gasteiger partial charge < -0.3 is 10.2 Å². The van der Waals surface area contributed by atoms with Crippen molar-refractivity contribution in [2.24, 2.45) is 0 Å². The number of rotatable bonds is 3. The highest BCUT2D eigenvalue weighted by atomic mass is 79.9. The predicted octanol–water partition coefficient (Wildman–Crippen LogP) is 3.13. The topological polar surface area (TPSA) is 58.5 Å². The molecule has 0 unspecified atom stereocenters. The summed E-state index contributed by atoms with van der Waals surface area (Å²) in [4.78, 5) is 7.32. The summed E-state index contributed by atoms with van der Waals surface area (Å²) in [6.45, 7) is 6.41. The van der Waals surface area contributed by atoms with Crippen molar-refractivity contribution in [3.05, 3.63) is 59.1 Å². The van der Waals surface area contributed by atoms with Crippen molar-refractivity contribution in [3.63, 3.8) is 0 Å². The summed E-state index contributed by atoms with van der Waals surface area (Å²) in [5, 5.41) is 11.5. The van der Waals surface area contributed by atoms with E-state index in [1.807, 2.05) is 42.5 Å². The molecule has 1 saturated heterocycles. The molecule has 6 heteroatoms. The second-order valence-electron chi connectivity index (χ2n) is 7.23. The molecule has 1 aliphatic heterocycles. The fraction of sp³-hybridized carbons (Fsp3) is 0.286. The Morgan fingerprint density at radius 1 is 0.889 bits per heavy atom. The van der Waals surface area contributed by atoms with Crippen molar-refractivity contribution in [2.75, 3.05) is 18.0 Å². The second-order valence-corrected chi connectivity index (χ2v) is 8.15. The van der Waals surface area contributed by atoms with Crippen LogP contribution < -0.4 is 10.2 Å². The van der Waals surface area contributed by atoms with Gasteiger partial charge in [-0.3, -0.25) is 0 Å². The van der Waals surface area contributed by atoms with Crippen LogP contribution in [0.2, 0.25) is 0 Å². The quantitative estimate of drug-likeness (QED) is 0.701. The van der Waals surface area contributed by atoms with E-state index in [0.717, 1.165) is 40.2 Å². The van der Waals surface area contributed by atoms with E-state index in [1.165, 1.54) is 0 Å². The largest absolute Gasteiger partial charge is 0.343 e. The normalized spacial score (nSPS) is 19.9. The van der Waals surface area contributed by atoms with Gasteiger partial charge in [0, 0.05) is 15.6 Å². The molecule has 2 N–H and O–H groups in total. The molecule has 1 aromatic heterocycles. The Bertz CT molecular complexity index is 904. The minimum atomic E-state index is 0.517. The maximum Gasteiger partial charge on any atom is 0.183 e. The molecule has 1 aliphatic rings. The van der Waals surface area contributed by atoms with Crippen LogP contribution >= 0.6 is 15.9 Å². The van der Waals surface area contributed by atoms with Crippen LogP contribution in [-0.4, -0.2) is 40.4 Å². The van der Waals surface area contributed by atoms with Crippen molar-refractivity contribution in [1.82, 2.24) is 15.2 Å². The zero-order valence-electron chi connectivity index (χ0n) is 15.5. The SMILES string of the molecule is C[C@@H]1CN(c2nc(-c3ccc(Br)cc3)nnc2-c2ccccc2)C[C@H](C)[NH2+]1. The van der Waals surface area contributed by atoms with Crippen LogP contribution in [0.15, 0.2) is 59.1 Å². The zero-order chi connectivity index (χ0) is 18.8. The standard InChI is InChI=1S/C21H22BrN5/c1-14-12-27(13-15(2)23-14)21-19(16-6-4-3-5-7-16)25-26-20(24-21)17-8-10-18(22)11-9-17/h3-11,14-15,23H,12-13H2,1-2H3/p+1/t14-,15+. The first-order chi connectivity index (χ1) is 13.1. The minimum absolute atomic E-state index is 0.517. The third-order valence-electron chi connectivity index (χ3n) is 4.79. The molecule has 3 aromatic rings. The lowest BCUT2D eigenvalue weighted by atomic mass is 10.1. The zero-order valence-corrected chi connectivity index (χ0v) is 17.1. The van der Waals surface area contributed by atoms with Gasteiger partial charge in [-0.2, -0.15) is 0 Å². The number of halogens is 1. The molecule has 27 heavy (non-hydrogen) atoms. The van der Waals surface area contributed by atoms with Crippen molar-refractivity contribution in [2.45, 2.75) is 25.9 Å². The predicted molar refractivity (Wildman–Crippen MR) is 111 cm³/mol. The van der Waals surface area contributed by atoms with Gasteiger partial charge in [0.05, 0.1) is 13.1 Å². The fourth-order valence-corrected chi connectivity index (χ4v) is 3.93. The molecule has 2 aromatic carbocycles. The number of aromatic nitrogens is 3. The Morgan fingerprint density at radius 3 is 2.22 bits per heavy atom. The molecule has 138 valence electrons. The van der Waals surface area contributed by atoms with Crippen LogP contribution in [-0.2, 0) is 0 Å². The van der Waals surface area contributed by atoms with Crippen LogP contribution in [0.5, 0.6) is 0 Å². The molecular formula is C21H23BrN5+. The molecule has 2 heterocycles. The highest BCUT2D eigenvalue weighted by molar-refractivity contribution is 9.10. The monoisotopic (exact) mass is 424 g/mol. The third-order valence-corrected chi connectivity index (χ3v) is 5.32. The smallest absolute Gasteiger partial charge is 0.183 e. The lowest BCUT2D eigenvalue weighted by molar-refractivity contribution is -0.716. The summed E-state index contributed by atoms with van der Waals surface area (Å²) >= 11 is 3.48. The number of hydrogen-bond donors (Lipinski definition) is 1. The van der Waals surface area contributed by atoms with Crippen molar-refractivity contribution in [3.8, 4) is 22.6 Å². The summed E-state index contributed by atoms with van der Waals surface area (Å²) in [5.41, 5.74) is 2.86. The summed E-state index contributed by atoms with van der Waals surface area (Å²) in [6.07, 6.45) is 0. The maximum absolute atomic E-state index is 4.96. The molecular weight excluding hydrogens is 402 g/mol. The lowest BCUT2D eigenvalue weighted by Gasteiger charge is -2.34. The molecule has 0 aliphatic carbocycles. The van der Waals surface area contributed by atoms with Crippen molar-refractivity contribution < 1.29 is 5.32 Å². The van der Waals surface area contributed by atoms with E-state index < -0.39 is 0 Å². The van der Waals surface area contributed by atoms with Gasteiger partial charge in [0.15, 0.2) is 11.6 Å². The summed E-state index contributed by atoms with van der Waals surface area (Å²) in [5.74, 6) is 1.58. The lowest BCUT2D eigenvalue weighted by Crippen LogP contribution is -2.99. The first kappa shape index (κ1) is 18.1. The van der Waals surface area contributed by atoms with E-state index in [-0.39, 0.29) is 0 Å². The molecule has 0 spiro atoms. The van der Waals surface area contributed by atoms with E-state index in [2.05, 4.69) is 62.3 Å². The molecule has 5 nitrogen and oxygen atoms in total. The van der Waals surface area contributed by atoms with E-state index in [1.54, 1.807) is 0 Å². The summed E-state index contributed by atoms with van der Waals surface area (Å²) in [7, 11) is 0. The first-order valence-electron chi connectivity index (χ1n) is 9.26. The molecule has 0 radical (unpaired) electrons. The number of hydrogen-bond acceptors (Lipinski definition) is 4. The van der Waals surface area contributed by atoms with E-state index >= 15 is 0 Å². The second kappa shape index (κ2) is 7.74. The Hall–Kier alpha value is -2.31. The average Bonchev–Trinajstić information content (AvgIpc) is 2.68. The maximum atomic E-state index is 4.96. The van der Waals surface area contributed by atoms with Crippen LogP contribution in [0.3, 0.4) is 0 Å². The van der Waals surface area contributed by atoms with E-state index in [4.69, 9.17) is 4.98 Å². The minimum Gasteiger partial charge on any atom is -0.343 e. The number of quaternary nitrogens is 1. The summed E-state index contributed by atoms with van der Waals surface area (Å²) in [6, 6.07) is 19.3. The molecule has 2 atom stereocenters. The Balaban J connectivity index is 1.81. The van der Waals surface area contributed by atoms with Crippen LogP contribution in [0, 0.1) is 0 Å². The van der Waals surface area contributed by atoms with Gasteiger partial charge in [-0.15, -0.1) is 10.2 Å². The number of nitrogens with two attached hydrogens (primary N) is 1. The number of benzene rings is 2. The van der Waals surface area contributed by atoms with Gasteiger partial charge in [0.1, 0.15) is 17.8 Å². The number of anilines is 1. The number of nitrogens with zero attached hydrogens (tertiary/aromatic N) is 4.